The van der Waals surface area contributed by atoms with Crippen molar-refractivity contribution in [3.05, 3.63) is 120 Å². The lowest BCUT2D eigenvalue weighted by Gasteiger charge is -2.10. The van der Waals surface area contributed by atoms with E-state index in [9.17, 15) is 18.3 Å². The van der Waals surface area contributed by atoms with Crippen LogP contribution in [0.15, 0.2) is 113 Å². The van der Waals surface area contributed by atoms with Crippen LogP contribution in [0.25, 0.3) is 10.9 Å². The lowest BCUT2D eigenvalue weighted by molar-refractivity contribution is -0.136. The van der Waals surface area contributed by atoms with E-state index < -0.39 is 16.0 Å². The van der Waals surface area contributed by atoms with E-state index in [4.69, 9.17) is 10.1 Å². The summed E-state index contributed by atoms with van der Waals surface area (Å²) in [5.74, 6) is -1.04. The van der Waals surface area contributed by atoms with Gasteiger partial charge >= 0.3 is 5.97 Å². The largest absolute Gasteiger partial charge is 0.494 e. The van der Waals surface area contributed by atoms with Gasteiger partial charge in [0.2, 0.25) is 0 Å². The number of carboxylic acid groups (broad SMARTS) is 1. The lowest BCUT2D eigenvalue weighted by atomic mass is 10.0. The molecular formula is C29H23N3O5S. The molecule has 0 aliphatic carbocycles. The molecular weight excluding hydrogens is 502 g/mol. The van der Waals surface area contributed by atoms with Gasteiger partial charge in [-0.25, -0.2) is 13.4 Å². The fraction of sp³-hybridized carbons (Fsp3) is 0.0345. The topological polar surface area (TPSA) is 132 Å². The van der Waals surface area contributed by atoms with Gasteiger partial charge in [0.15, 0.2) is 5.88 Å². The minimum atomic E-state index is -3.82. The lowest BCUT2D eigenvalue weighted by Crippen LogP contribution is -2.12. The molecule has 38 heavy (non-hydrogen) atoms. The molecule has 0 spiro atoms. The van der Waals surface area contributed by atoms with Crippen molar-refractivity contribution in [3.8, 4) is 5.88 Å². The maximum atomic E-state index is 12.9. The highest BCUT2D eigenvalue weighted by molar-refractivity contribution is 7.92. The van der Waals surface area contributed by atoms with Crippen LogP contribution >= 0.6 is 0 Å². The number of aromatic hydroxyl groups is 1. The number of aromatic nitrogens is 1. The molecule has 0 saturated carbocycles. The fourth-order valence-corrected chi connectivity index (χ4v) is 5.22. The highest BCUT2D eigenvalue weighted by Gasteiger charge is 2.20. The van der Waals surface area contributed by atoms with Gasteiger partial charge in [-0.3, -0.25) is 9.52 Å². The zero-order valence-corrected chi connectivity index (χ0v) is 20.8. The van der Waals surface area contributed by atoms with Gasteiger partial charge in [-0.05, 0) is 48.0 Å². The first-order valence-electron chi connectivity index (χ1n) is 11.7. The number of nitrogens with one attached hydrogen (secondary N) is 2. The van der Waals surface area contributed by atoms with Crippen molar-refractivity contribution >= 4 is 44.0 Å². The summed E-state index contributed by atoms with van der Waals surface area (Å²) in [6.45, 7) is 0. The van der Waals surface area contributed by atoms with Crippen molar-refractivity contribution in [3.63, 3.8) is 0 Å². The summed E-state index contributed by atoms with van der Waals surface area (Å²) in [5, 5.41) is 20.6. The van der Waals surface area contributed by atoms with Gasteiger partial charge in [0.25, 0.3) is 10.0 Å². The summed E-state index contributed by atoms with van der Waals surface area (Å²) in [6, 6.07) is 29.1. The van der Waals surface area contributed by atoms with Crippen LogP contribution in [0.4, 0.5) is 11.4 Å². The van der Waals surface area contributed by atoms with E-state index in [1.165, 1.54) is 12.1 Å². The molecule has 0 aliphatic heterocycles. The second-order valence-corrected chi connectivity index (χ2v) is 10.3. The number of benzene rings is 4. The molecule has 4 N–H and O–H groups in total. The molecule has 0 aliphatic rings. The molecule has 9 heteroatoms. The van der Waals surface area contributed by atoms with Crippen molar-refractivity contribution in [1.82, 2.24) is 4.98 Å². The maximum Gasteiger partial charge on any atom is 0.307 e. The van der Waals surface area contributed by atoms with Crippen LogP contribution in [-0.2, 0) is 21.2 Å². The molecule has 190 valence electrons. The van der Waals surface area contributed by atoms with E-state index >= 15 is 0 Å². The van der Waals surface area contributed by atoms with E-state index in [1.807, 2.05) is 30.3 Å². The van der Waals surface area contributed by atoms with Crippen molar-refractivity contribution < 1.29 is 23.4 Å². The zero-order chi connectivity index (χ0) is 26.7. The van der Waals surface area contributed by atoms with Gasteiger partial charge < -0.3 is 15.2 Å². The van der Waals surface area contributed by atoms with Gasteiger partial charge in [-0.15, -0.1) is 0 Å². The first-order valence-corrected chi connectivity index (χ1v) is 13.2. The maximum absolute atomic E-state index is 12.9. The number of carbonyl (C=O) groups is 1. The molecule has 0 amide bonds. The Morgan fingerprint density at radius 2 is 1.53 bits per heavy atom. The summed E-state index contributed by atoms with van der Waals surface area (Å²) >= 11 is 0. The standard InChI is InChI=1S/C29H23N3O5S/c33-26(34)17-19-11-13-21(14-12-19)30-28(20-7-3-1-4-8-20)27-24-18-22(15-16-25(24)31-29(27)35)32-38(36,37)23-9-5-2-6-10-23/h1-16,18,31-32,35H,17H2,(H,33,34). The molecule has 4 aromatic carbocycles. The summed E-state index contributed by atoms with van der Waals surface area (Å²) in [7, 11) is -3.82. The Balaban J connectivity index is 1.61. The highest BCUT2D eigenvalue weighted by Crippen LogP contribution is 2.33. The molecule has 5 aromatic rings. The van der Waals surface area contributed by atoms with E-state index in [1.54, 1.807) is 60.7 Å². The molecule has 0 radical (unpaired) electrons. The second kappa shape index (κ2) is 10.2. The average molecular weight is 526 g/mol. The normalized spacial score (nSPS) is 11.9. The Bertz CT molecular complexity index is 1750. The minimum absolute atomic E-state index is 0.0968. The number of fused-ring (bicyclic) bond motifs is 1. The van der Waals surface area contributed by atoms with Crippen LogP contribution in [-0.4, -0.2) is 35.3 Å². The predicted octanol–water partition coefficient (Wildman–Crippen LogP) is 5.47. The average Bonchev–Trinajstić information content (AvgIpc) is 3.23. The number of sulfonamides is 1. The first kappa shape index (κ1) is 24.8. The summed E-state index contributed by atoms with van der Waals surface area (Å²) < 4.78 is 28.4. The van der Waals surface area contributed by atoms with Crippen molar-refractivity contribution in [2.24, 2.45) is 4.99 Å². The number of carboxylic acids is 1. The number of anilines is 1. The van der Waals surface area contributed by atoms with E-state index in [2.05, 4.69) is 9.71 Å². The third kappa shape index (κ3) is 5.28. The van der Waals surface area contributed by atoms with E-state index in [-0.39, 0.29) is 17.2 Å². The van der Waals surface area contributed by atoms with Gasteiger partial charge in [0.05, 0.1) is 28.3 Å². The number of hydrogen-bond acceptors (Lipinski definition) is 5. The van der Waals surface area contributed by atoms with E-state index in [0.717, 1.165) is 5.56 Å². The third-order valence-electron chi connectivity index (χ3n) is 5.90. The number of aliphatic carboxylic acids is 1. The number of hydrogen-bond donors (Lipinski definition) is 4. The molecule has 8 nitrogen and oxygen atoms in total. The number of nitrogens with zero attached hydrogens (tertiary/aromatic N) is 1. The zero-order valence-electron chi connectivity index (χ0n) is 20.0. The van der Waals surface area contributed by atoms with Gasteiger partial charge in [0, 0.05) is 22.2 Å². The van der Waals surface area contributed by atoms with Crippen LogP contribution < -0.4 is 4.72 Å². The smallest absolute Gasteiger partial charge is 0.307 e. The molecule has 0 fully saturated rings. The van der Waals surface area contributed by atoms with Gasteiger partial charge in [-0.1, -0.05) is 60.7 Å². The number of H-pyrrole nitrogens is 1. The molecule has 0 atom stereocenters. The number of aliphatic imine (C=N–C) groups is 1. The molecule has 0 bridgehead atoms. The van der Waals surface area contributed by atoms with Crippen molar-refractivity contribution in [2.45, 2.75) is 11.3 Å². The van der Waals surface area contributed by atoms with E-state index in [0.29, 0.717) is 39.1 Å². The monoisotopic (exact) mass is 525 g/mol. The first-order chi connectivity index (χ1) is 18.3. The Hall–Kier alpha value is -4.89. The number of rotatable bonds is 8. The molecule has 0 unspecified atom stereocenters. The van der Waals surface area contributed by atoms with Gasteiger partial charge in [0.1, 0.15) is 0 Å². The van der Waals surface area contributed by atoms with Crippen molar-refractivity contribution in [1.29, 1.82) is 0 Å². The summed E-state index contributed by atoms with van der Waals surface area (Å²) in [6.07, 6.45) is -0.0968. The molecule has 1 heterocycles. The third-order valence-corrected chi connectivity index (χ3v) is 7.30. The molecule has 1 aromatic heterocycles. The SMILES string of the molecule is O=C(O)Cc1ccc(N=C(c2ccccc2)c2c(O)[nH]c3ccc(NS(=O)(=O)c4ccccc4)cc23)cc1. The Labute approximate surface area is 219 Å². The summed E-state index contributed by atoms with van der Waals surface area (Å²) in [4.78, 5) is 18.9. The molecule has 0 saturated heterocycles. The van der Waals surface area contributed by atoms with Crippen LogP contribution in [0.3, 0.4) is 0 Å². The van der Waals surface area contributed by atoms with Gasteiger partial charge in [-0.2, -0.15) is 0 Å². The van der Waals surface area contributed by atoms with Crippen molar-refractivity contribution in [2.75, 3.05) is 4.72 Å². The summed E-state index contributed by atoms with van der Waals surface area (Å²) in [5.41, 5.74) is 3.72. The Morgan fingerprint density at radius 1 is 0.868 bits per heavy atom. The van der Waals surface area contributed by atoms with Crippen LogP contribution in [0.2, 0.25) is 0 Å². The quantitative estimate of drug-likeness (QED) is 0.200. The molecule has 5 rings (SSSR count). The van der Waals surface area contributed by atoms with Crippen LogP contribution in [0.1, 0.15) is 16.7 Å². The predicted molar refractivity (Wildman–Crippen MR) is 147 cm³/mol. The van der Waals surface area contributed by atoms with Crippen LogP contribution in [0, 0.1) is 0 Å². The second-order valence-electron chi connectivity index (χ2n) is 8.59. The Morgan fingerprint density at radius 3 is 2.18 bits per heavy atom. The van der Waals surface area contributed by atoms with Crippen LogP contribution in [0.5, 0.6) is 5.88 Å². The number of aromatic amines is 1. The Kier molecular flexibility index (Phi) is 6.68. The minimum Gasteiger partial charge on any atom is -0.494 e. The fourth-order valence-electron chi connectivity index (χ4n) is 4.15. The highest BCUT2D eigenvalue weighted by atomic mass is 32.2.